The van der Waals surface area contributed by atoms with Crippen molar-refractivity contribution in [2.24, 2.45) is 0 Å². The summed E-state index contributed by atoms with van der Waals surface area (Å²) in [5.41, 5.74) is 15.5. The predicted molar refractivity (Wildman–Crippen MR) is 187 cm³/mol. The minimum atomic E-state index is -0.114. The number of nitrogens with zero attached hydrogens (tertiary/aromatic N) is 2. The minimum Gasteiger partial charge on any atom is -0.331 e. The van der Waals surface area contributed by atoms with Gasteiger partial charge in [-0.1, -0.05) is 89.0 Å². The predicted octanol–water partition coefficient (Wildman–Crippen LogP) is 10.8. The van der Waals surface area contributed by atoms with Crippen molar-refractivity contribution >= 4 is 33.2 Å². The number of anilines is 2. The summed E-state index contributed by atoms with van der Waals surface area (Å²) in [4.78, 5) is 2.54. The van der Waals surface area contributed by atoms with Crippen LogP contribution in [0.25, 0.3) is 27.5 Å². The normalized spacial score (nSPS) is 19.0. The molecule has 6 aromatic rings. The second-order valence-electron chi connectivity index (χ2n) is 13.2. The van der Waals surface area contributed by atoms with Gasteiger partial charge >= 0.3 is 0 Å². The van der Waals surface area contributed by atoms with Gasteiger partial charge in [0.1, 0.15) is 0 Å². The van der Waals surface area contributed by atoms with E-state index in [0.29, 0.717) is 5.92 Å². The van der Waals surface area contributed by atoms with Crippen LogP contribution in [0.3, 0.4) is 0 Å². The number of rotatable bonds is 4. The molecule has 44 heavy (non-hydrogen) atoms. The highest BCUT2D eigenvalue weighted by Gasteiger charge is 2.47. The summed E-state index contributed by atoms with van der Waals surface area (Å²) < 4.78 is 2.40. The largest absolute Gasteiger partial charge is 0.331 e. The number of benzene rings is 5. The molecule has 1 aromatic heterocycles. The van der Waals surface area contributed by atoms with E-state index in [1.807, 2.05) is 0 Å². The number of aromatic nitrogens is 1. The SMILES string of the molecule is CC1=CC2c3cc(C)ccc3N(c3ccc(Cc4ccc(-n5c6ccc(C)cc6c6cc(C)ccc65)cc4)cc3)C2(C)C=C1. The molecule has 5 aromatic carbocycles. The van der Waals surface area contributed by atoms with Gasteiger partial charge in [0.05, 0.1) is 16.6 Å². The Bertz CT molecular complexity index is 2080. The molecule has 0 amide bonds. The van der Waals surface area contributed by atoms with Gasteiger partial charge in [0.2, 0.25) is 0 Å². The highest BCUT2D eigenvalue weighted by molar-refractivity contribution is 6.09. The zero-order valence-corrected chi connectivity index (χ0v) is 26.2. The Morgan fingerprint density at radius 3 is 1.77 bits per heavy atom. The standard InChI is InChI=1S/C42H38N2/c1-27-6-17-39-35(22-27)36-23-28(2)7-18-40(36)43(39)33-13-9-31(10-14-33)26-32-11-15-34(16-12-32)44-41-19-8-29(3)24-37(41)38-25-30(4)20-21-42(38,44)5/h6-25,38H,26H2,1-5H3. The monoisotopic (exact) mass is 570 g/mol. The third-order valence-corrected chi connectivity index (χ3v) is 9.86. The fourth-order valence-electron chi connectivity index (χ4n) is 7.60. The molecule has 0 radical (unpaired) electrons. The van der Waals surface area contributed by atoms with Crippen molar-refractivity contribution in [3.05, 3.63) is 160 Å². The molecule has 2 unspecified atom stereocenters. The molecule has 0 fully saturated rings. The maximum Gasteiger partial charge on any atom is 0.0712 e. The lowest BCUT2D eigenvalue weighted by molar-refractivity contribution is 0.539. The Morgan fingerprint density at radius 2 is 1.16 bits per heavy atom. The molecule has 0 N–H and O–H groups in total. The molecule has 0 saturated heterocycles. The quantitative estimate of drug-likeness (QED) is 0.205. The van der Waals surface area contributed by atoms with Crippen molar-refractivity contribution in [1.82, 2.24) is 4.57 Å². The van der Waals surface area contributed by atoms with Crippen LogP contribution in [0.1, 0.15) is 53.1 Å². The van der Waals surface area contributed by atoms with E-state index in [4.69, 9.17) is 0 Å². The fourth-order valence-corrected chi connectivity index (χ4v) is 7.60. The molecule has 8 rings (SSSR count). The van der Waals surface area contributed by atoms with Gasteiger partial charge in [0.25, 0.3) is 0 Å². The smallest absolute Gasteiger partial charge is 0.0712 e. The van der Waals surface area contributed by atoms with Gasteiger partial charge in [-0.25, -0.2) is 0 Å². The molecule has 2 atom stereocenters. The molecule has 0 spiro atoms. The van der Waals surface area contributed by atoms with Crippen LogP contribution in [-0.4, -0.2) is 10.1 Å². The van der Waals surface area contributed by atoms with E-state index in [1.165, 1.54) is 77.8 Å². The first kappa shape index (κ1) is 26.8. The first-order chi connectivity index (χ1) is 21.3. The molecule has 2 nitrogen and oxygen atoms in total. The summed E-state index contributed by atoms with van der Waals surface area (Å²) in [5.74, 6) is 0.350. The molecule has 2 heterocycles. The van der Waals surface area contributed by atoms with Crippen LogP contribution in [0.5, 0.6) is 0 Å². The number of hydrogen-bond acceptors (Lipinski definition) is 1. The maximum absolute atomic E-state index is 2.54. The molecule has 0 bridgehead atoms. The first-order valence-corrected chi connectivity index (χ1v) is 15.8. The molecule has 0 saturated carbocycles. The fraction of sp³-hybridized carbons (Fsp3) is 0.190. The van der Waals surface area contributed by atoms with Crippen LogP contribution < -0.4 is 4.90 Å². The van der Waals surface area contributed by atoms with E-state index in [1.54, 1.807) is 0 Å². The number of allylic oxidation sites excluding steroid dienone is 2. The van der Waals surface area contributed by atoms with Crippen molar-refractivity contribution in [3.8, 4) is 5.69 Å². The van der Waals surface area contributed by atoms with Crippen molar-refractivity contribution in [1.29, 1.82) is 0 Å². The Kier molecular flexibility index (Phi) is 6.00. The second-order valence-corrected chi connectivity index (χ2v) is 13.2. The third kappa shape index (κ3) is 4.16. The lowest BCUT2D eigenvalue weighted by Crippen LogP contribution is -2.42. The van der Waals surface area contributed by atoms with Gasteiger partial charge in [0.15, 0.2) is 0 Å². The molecular weight excluding hydrogens is 532 g/mol. The molecular formula is C42H38N2. The van der Waals surface area contributed by atoms with E-state index in [9.17, 15) is 0 Å². The van der Waals surface area contributed by atoms with E-state index >= 15 is 0 Å². The van der Waals surface area contributed by atoms with Crippen LogP contribution in [-0.2, 0) is 6.42 Å². The Balaban J connectivity index is 1.09. The molecule has 2 aliphatic rings. The topological polar surface area (TPSA) is 8.17 Å². The summed E-state index contributed by atoms with van der Waals surface area (Å²) >= 11 is 0. The second kappa shape index (κ2) is 9.86. The summed E-state index contributed by atoms with van der Waals surface area (Å²) in [7, 11) is 0. The summed E-state index contributed by atoms with van der Waals surface area (Å²) in [5, 5.41) is 2.64. The molecule has 1 aliphatic heterocycles. The summed E-state index contributed by atoms with van der Waals surface area (Å²) in [6.45, 7) is 11.1. The number of fused-ring (bicyclic) bond motifs is 6. The van der Waals surface area contributed by atoms with Crippen LogP contribution in [0.15, 0.2) is 127 Å². The summed E-state index contributed by atoms with van der Waals surface area (Å²) in [6.07, 6.45) is 8.03. The summed E-state index contributed by atoms with van der Waals surface area (Å²) in [6, 6.07) is 38.9. The highest BCUT2D eigenvalue weighted by atomic mass is 15.2. The molecule has 216 valence electrons. The molecule has 2 heteroatoms. The first-order valence-electron chi connectivity index (χ1n) is 15.8. The van der Waals surface area contributed by atoms with Crippen LogP contribution in [0.4, 0.5) is 11.4 Å². The van der Waals surface area contributed by atoms with E-state index in [0.717, 1.165) is 6.42 Å². The van der Waals surface area contributed by atoms with Crippen molar-refractivity contribution in [2.75, 3.05) is 4.90 Å². The third-order valence-electron chi connectivity index (χ3n) is 9.86. The Hall–Kier alpha value is -4.82. The zero-order valence-electron chi connectivity index (χ0n) is 26.2. The average molecular weight is 571 g/mol. The molecule has 1 aliphatic carbocycles. The van der Waals surface area contributed by atoms with Gasteiger partial charge in [-0.3, -0.25) is 0 Å². The Morgan fingerprint density at radius 1 is 0.614 bits per heavy atom. The van der Waals surface area contributed by atoms with Crippen molar-refractivity contribution < 1.29 is 0 Å². The lowest BCUT2D eigenvalue weighted by atomic mass is 9.78. The van der Waals surface area contributed by atoms with Crippen LogP contribution in [0.2, 0.25) is 0 Å². The maximum atomic E-state index is 2.54. The van der Waals surface area contributed by atoms with E-state index in [2.05, 4.69) is 165 Å². The van der Waals surface area contributed by atoms with Gasteiger partial charge < -0.3 is 9.47 Å². The number of aryl methyl sites for hydroxylation is 3. The van der Waals surface area contributed by atoms with Gasteiger partial charge in [-0.2, -0.15) is 0 Å². The van der Waals surface area contributed by atoms with Crippen molar-refractivity contribution in [3.63, 3.8) is 0 Å². The average Bonchev–Trinajstić information content (AvgIpc) is 3.46. The van der Waals surface area contributed by atoms with Crippen LogP contribution >= 0.6 is 0 Å². The highest BCUT2D eigenvalue weighted by Crippen LogP contribution is 2.54. The van der Waals surface area contributed by atoms with E-state index in [-0.39, 0.29) is 5.54 Å². The Labute approximate surface area is 260 Å². The minimum absolute atomic E-state index is 0.114. The van der Waals surface area contributed by atoms with E-state index < -0.39 is 0 Å². The van der Waals surface area contributed by atoms with Gasteiger partial charge in [-0.15, -0.1) is 0 Å². The van der Waals surface area contributed by atoms with Crippen molar-refractivity contribution in [2.45, 2.75) is 52.5 Å². The number of hydrogen-bond donors (Lipinski definition) is 0. The van der Waals surface area contributed by atoms with Crippen LogP contribution in [0, 0.1) is 20.8 Å². The lowest BCUT2D eigenvalue weighted by Gasteiger charge is -2.40. The van der Waals surface area contributed by atoms with Gasteiger partial charge in [-0.05, 0) is 112 Å². The van der Waals surface area contributed by atoms with Gasteiger partial charge in [0, 0.05) is 33.8 Å². The zero-order chi connectivity index (χ0) is 30.2.